The molecule has 1 unspecified atom stereocenters. The fourth-order valence-electron chi connectivity index (χ4n) is 5.16. The average Bonchev–Trinajstić information content (AvgIpc) is 3.16. The van der Waals surface area contributed by atoms with Crippen LogP contribution >= 0.6 is 0 Å². The van der Waals surface area contributed by atoms with Crippen LogP contribution < -0.4 is 0 Å². The van der Waals surface area contributed by atoms with Gasteiger partial charge in [0.2, 0.25) is 0 Å². The van der Waals surface area contributed by atoms with E-state index in [9.17, 15) is 0 Å². The zero-order chi connectivity index (χ0) is 23.2. The Morgan fingerprint density at radius 3 is 1.67 bits per heavy atom. The Labute approximate surface area is 197 Å². The lowest BCUT2D eigenvalue weighted by molar-refractivity contribution is 0.359. The van der Waals surface area contributed by atoms with Gasteiger partial charge in [-0.05, 0) is 63.4 Å². The highest BCUT2D eigenvalue weighted by Crippen LogP contribution is 2.42. The van der Waals surface area contributed by atoms with E-state index in [2.05, 4.69) is 131 Å². The van der Waals surface area contributed by atoms with Crippen LogP contribution in [0.5, 0.6) is 0 Å². The van der Waals surface area contributed by atoms with Crippen LogP contribution in [0.2, 0.25) is 0 Å². The number of nitrogens with one attached hydrogen (secondary N) is 1. The first-order chi connectivity index (χ1) is 15.8. The molecule has 0 radical (unpaired) electrons. The van der Waals surface area contributed by atoms with Crippen molar-refractivity contribution >= 4 is 21.8 Å². The number of hydrogen-bond acceptors (Lipinski definition) is 0. The van der Waals surface area contributed by atoms with Gasteiger partial charge in [-0.1, -0.05) is 101 Å². The van der Waals surface area contributed by atoms with Crippen LogP contribution in [0.1, 0.15) is 63.1 Å². The lowest BCUT2D eigenvalue weighted by Crippen LogP contribution is -2.19. The Hall–Kier alpha value is -3.32. The third-order valence-electron chi connectivity index (χ3n) is 6.86. The molecule has 1 N–H and O–H groups in total. The zero-order valence-corrected chi connectivity index (χ0v) is 20.3. The molecule has 166 valence electrons. The third-order valence-corrected chi connectivity index (χ3v) is 6.86. The molecule has 1 heterocycles. The second-order valence-electron chi connectivity index (χ2n) is 10.7. The van der Waals surface area contributed by atoms with E-state index >= 15 is 0 Å². The van der Waals surface area contributed by atoms with E-state index < -0.39 is 0 Å². The SMILES string of the molecule is CC(C)c1ccc2[nH]c3ccc(C(c4ccc(-c5ccccc5)cc4)C(C)(C)C)cc3c2c1. The molecule has 5 aromatic rings. The summed E-state index contributed by atoms with van der Waals surface area (Å²) in [6.07, 6.45) is 0. The molecule has 4 aromatic carbocycles. The van der Waals surface area contributed by atoms with Crippen molar-refractivity contribution in [3.63, 3.8) is 0 Å². The van der Waals surface area contributed by atoms with Crippen LogP contribution in [0.4, 0.5) is 0 Å². The predicted octanol–water partition coefficient (Wildman–Crippen LogP) is 9.29. The van der Waals surface area contributed by atoms with Crippen molar-refractivity contribution in [2.75, 3.05) is 0 Å². The Morgan fingerprint density at radius 2 is 1.09 bits per heavy atom. The van der Waals surface area contributed by atoms with Gasteiger partial charge >= 0.3 is 0 Å². The molecular weight excluding hydrogens is 398 g/mol. The summed E-state index contributed by atoms with van der Waals surface area (Å²) in [6, 6.07) is 33.6. The highest BCUT2D eigenvalue weighted by Gasteiger charge is 2.28. The molecule has 0 saturated heterocycles. The smallest absolute Gasteiger partial charge is 0.0465 e. The van der Waals surface area contributed by atoms with Crippen molar-refractivity contribution < 1.29 is 0 Å². The first-order valence-electron chi connectivity index (χ1n) is 12.0. The fraction of sp³-hybridized carbons (Fsp3) is 0.250. The summed E-state index contributed by atoms with van der Waals surface area (Å²) < 4.78 is 0. The second-order valence-corrected chi connectivity index (χ2v) is 10.7. The van der Waals surface area contributed by atoms with Gasteiger partial charge in [-0.15, -0.1) is 0 Å². The monoisotopic (exact) mass is 431 g/mol. The molecule has 0 amide bonds. The van der Waals surface area contributed by atoms with Crippen LogP contribution in [0.15, 0.2) is 91.0 Å². The van der Waals surface area contributed by atoms with Gasteiger partial charge in [0.05, 0.1) is 0 Å². The molecule has 1 atom stereocenters. The summed E-state index contributed by atoms with van der Waals surface area (Å²) in [7, 11) is 0. The molecule has 1 aromatic heterocycles. The highest BCUT2D eigenvalue weighted by molar-refractivity contribution is 6.07. The van der Waals surface area contributed by atoms with E-state index in [-0.39, 0.29) is 5.41 Å². The Morgan fingerprint density at radius 1 is 0.576 bits per heavy atom. The van der Waals surface area contributed by atoms with Gasteiger partial charge in [0.1, 0.15) is 0 Å². The number of fused-ring (bicyclic) bond motifs is 3. The Kier molecular flexibility index (Phi) is 5.37. The molecule has 1 nitrogen and oxygen atoms in total. The lowest BCUT2D eigenvalue weighted by atomic mass is 9.72. The summed E-state index contributed by atoms with van der Waals surface area (Å²) in [6.45, 7) is 11.6. The Balaban J connectivity index is 1.61. The van der Waals surface area contributed by atoms with E-state index in [0.717, 1.165) is 0 Å². The molecule has 0 bridgehead atoms. The quantitative estimate of drug-likeness (QED) is 0.292. The van der Waals surface area contributed by atoms with Gasteiger partial charge in [0.25, 0.3) is 0 Å². The normalized spacial score (nSPS) is 13.2. The molecule has 0 aliphatic rings. The van der Waals surface area contributed by atoms with Crippen molar-refractivity contribution in [3.8, 4) is 11.1 Å². The van der Waals surface area contributed by atoms with Gasteiger partial charge in [0.15, 0.2) is 0 Å². The molecular formula is C32H33N. The molecule has 1 heteroatoms. The van der Waals surface area contributed by atoms with E-state index in [0.29, 0.717) is 11.8 Å². The minimum absolute atomic E-state index is 0.0944. The minimum atomic E-state index is 0.0944. The molecule has 0 spiro atoms. The summed E-state index contributed by atoms with van der Waals surface area (Å²) in [5.41, 5.74) is 9.17. The third kappa shape index (κ3) is 4.09. The molecule has 0 fully saturated rings. The molecule has 0 aliphatic heterocycles. The molecule has 0 aliphatic carbocycles. The maximum atomic E-state index is 3.61. The predicted molar refractivity (Wildman–Crippen MR) is 143 cm³/mol. The number of H-pyrrole nitrogens is 1. The van der Waals surface area contributed by atoms with Gasteiger partial charge in [0, 0.05) is 27.7 Å². The van der Waals surface area contributed by atoms with Gasteiger partial charge in [-0.2, -0.15) is 0 Å². The van der Waals surface area contributed by atoms with E-state index in [4.69, 9.17) is 0 Å². The largest absolute Gasteiger partial charge is 0.355 e. The van der Waals surface area contributed by atoms with Crippen molar-refractivity contribution in [1.82, 2.24) is 4.98 Å². The topological polar surface area (TPSA) is 15.8 Å². The minimum Gasteiger partial charge on any atom is -0.355 e. The first-order valence-corrected chi connectivity index (χ1v) is 12.0. The second kappa shape index (κ2) is 8.23. The van der Waals surface area contributed by atoms with Crippen LogP contribution in [0.25, 0.3) is 32.9 Å². The average molecular weight is 432 g/mol. The molecule has 0 saturated carbocycles. The van der Waals surface area contributed by atoms with Gasteiger partial charge in [-0.3, -0.25) is 0 Å². The van der Waals surface area contributed by atoms with Gasteiger partial charge < -0.3 is 4.98 Å². The highest BCUT2D eigenvalue weighted by atomic mass is 14.7. The molecule has 33 heavy (non-hydrogen) atoms. The van der Waals surface area contributed by atoms with E-state index in [1.54, 1.807) is 0 Å². The maximum absolute atomic E-state index is 3.61. The maximum Gasteiger partial charge on any atom is 0.0465 e. The number of aromatic amines is 1. The molecule has 5 rings (SSSR count). The fourth-order valence-corrected chi connectivity index (χ4v) is 5.16. The van der Waals surface area contributed by atoms with Crippen LogP contribution in [0.3, 0.4) is 0 Å². The van der Waals surface area contributed by atoms with E-state index in [1.807, 2.05) is 0 Å². The summed E-state index contributed by atoms with van der Waals surface area (Å²) in [4.78, 5) is 3.61. The van der Waals surface area contributed by atoms with Crippen LogP contribution in [-0.2, 0) is 0 Å². The van der Waals surface area contributed by atoms with Crippen molar-refractivity contribution in [2.45, 2.75) is 46.5 Å². The van der Waals surface area contributed by atoms with Crippen LogP contribution in [-0.4, -0.2) is 4.98 Å². The van der Waals surface area contributed by atoms with Crippen molar-refractivity contribution in [2.24, 2.45) is 5.41 Å². The number of rotatable bonds is 4. The Bertz CT molecular complexity index is 1400. The van der Waals surface area contributed by atoms with Crippen LogP contribution in [0, 0.1) is 5.41 Å². The van der Waals surface area contributed by atoms with E-state index in [1.165, 1.54) is 49.6 Å². The summed E-state index contributed by atoms with van der Waals surface area (Å²) in [5, 5.41) is 2.64. The zero-order valence-electron chi connectivity index (χ0n) is 20.3. The van der Waals surface area contributed by atoms with Crippen molar-refractivity contribution in [3.05, 3.63) is 108 Å². The van der Waals surface area contributed by atoms with Crippen molar-refractivity contribution in [1.29, 1.82) is 0 Å². The summed E-state index contributed by atoms with van der Waals surface area (Å²) in [5.74, 6) is 0.831. The summed E-state index contributed by atoms with van der Waals surface area (Å²) >= 11 is 0. The number of benzene rings is 4. The number of hydrogen-bond donors (Lipinski definition) is 1. The standard InChI is InChI=1S/C32H33N/c1-21(2)25-15-17-29-27(19-25)28-20-26(16-18-30(28)33-29)31(32(3,4)5)24-13-11-23(12-14-24)22-9-7-6-8-10-22/h6-21,31,33H,1-5H3. The first kappa shape index (κ1) is 21.5. The lowest BCUT2D eigenvalue weighted by Gasteiger charge is -2.32. The van der Waals surface area contributed by atoms with Gasteiger partial charge in [-0.25, -0.2) is 0 Å². The number of aromatic nitrogens is 1.